The van der Waals surface area contributed by atoms with E-state index >= 15 is 0 Å². The molecule has 1 aromatic carbocycles. The molecule has 0 spiro atoms. The Kier molecular flexibility index (Phi) is 5.13. The fraction of sp³-hybridized carbons (Fsp3) is 0.353. The van der Waals surface area contributed by atoms with Crippen molar-refractivity contribution in [3.63, 3.8) is 0 Å². The van der Waals surface area contributed by atoms with Gasteiger partial charge in [0.05, 0.1) is 5.69 Å². The van der Waals surface area contributed by atoms with E-state index in [1.807, 2.05) is 36.4 Å². The monoisotopic (exact) mass is 323 g/mol. The molecule has 0 radical (unpaired) electrons. The lowest BCUT2D eigenvalue weighted by atomic mass is 9.91. The van der Waals surface area contributed by atoms with Gasteiger partial charge in [0.1, 0.15) is 6.61 Å². The van der Waals surface area contributed by atoms with Gasteiger partial charge in [-0.2, -0.15) is 0 Å². The van der Waals surface area contributed by atoms with Crippen molar-refractivity contribution in [1.82, 2.24) is 4.98 Å². The lowest BCUT2D eigenvalue weighted by Gasteiger charge is -2.19. The topological polar surface area (TPSA) is 22.1 Å². The second-order valence-electron chi connectivity index (χ2n) is 6.00. The molecule has 0 aliphatic carbocycles. The maximum atomic E-state index is 5.97. The van der Waals surface area contributed by atoms with Crippen LogP contribution in [0.3, 0.4) is 0 Å². The van der Waals surface area contributed by atoms with Gasteiger partial charge in [0.25, 0.3) is 0 Å². The third-order valence-electron chi connectivity index (χ3n) is 3.06. The first kappa shape index (κ1) is 16.1. The van der Waals surface area contributed by atoms with Crippen LogP contribution in [0.1, 0.15) is 37.6 Å². The molecule has 4 heteroatoms. The molecule has 0 fully saturated rings. The Morgan fingerprint density at radius 1 is 1.10 bits per heavy atom. The predicted octanol–water partition coefficient (Wildman–Crippen LogP) is 5.35. The molecule has 2 aromatic rings. The zero-order chi connectivity index (χ0) is 15.5. The summed E-state index contributed by atoms with van der Waals surface area (Å²) in [7, 11) is 0. The number of hydrogen-bond acceptors (Lipinski definition) is 2. The van der Waals surface area contributed by atoms with Crippen molar-refractivity contribution in [3.05, 3.63) is 58.2 Å². The summed E-state index contributed by atoms with van der Waals surface area (Å²) in [6.45, 7) is 6.79. The van der Waals surface area contributed by atoms with Crippen LogP contribution in [0, 0.1) is 0 Å². The molecule has 1 heterocycles. The van der Waals surface area contributed by atoms with E-state index in [0.717, 1.165) is 16.8 Å². The summed E-state index contributed by atoms with van der Waals surface area (Å²) in [6, 6.07) is 11.5. The van der Waals surface area contributed by atoms with Crippen LogP contribution in [0.2, 0.25) is 5.02 Å². The number of ether oxygens (including phenoxy) is 1. The number of rotatable bonds is 4. The van der Waals surface area contributed by atoms with Gasteiger partial charge in [0.15, 0.2) is 0 Å². The van der Waals surface area contributed by atoms with E-state index in [9.17, 15) is 0 Å². The second kappa shape index (κ2) is 6.67. The van der Waals surface area contributed by atoms with Gasteiger partial charge in [0.2, 0.25) is 5.88 Å². The van der Waals surface area contributed by atoms with E-state index in [-0.39, 0.29) is 5.41 Å². The molecule has 2 nitrogen and oxygen atoms in total. The minimum atomic E-state index is -0.0454. The van der Waals surface area contributed by atoms with Crippen molar-refractivity contribution < 1.29 is 4.74 Å². The highest BCUT2D eigenvalue weighted by molar-refractivity contribution is 6.30. The third kappa shape index (κ3) is 4.62. The van der Waals surface area contributed by atoms with Crippen LogP contribution in [0.15, 0.2) is 36.4 Å². The number of aromatic nitrogens is 1. The Morgan fingerprint density at radius 2 is 1.86 bits per heavy atom. The van der Waals surface area contributed by atoms with E-state index in [1.54, 1.807) is 0 Å². The Hall–Kier alpha value is -1.25. The zero-order valence-electron chi connectivity index (χ0n) is 12.5. The van der Waals surface area contributed by atoms with Crippen LogP contribution >= 0.6 is 23.2 Å². The normalized spacial score (nSPS) is 11.5. The number of pyridine rings is 1. The zero-order valence-corrected chi connectivity index (χ0v) is 14.0. The first-order chi connectivity index (χ1) is 9.88. The lowest BCUT2D eigenvalue weighted by Crippen LogP contribution is -2.14. The van der Waals surface area contributed by atoms with Gasteiger partial charge >= 0.3 is 0 Å². The van der Waals surface area contributed by atoms with E-state index in [2.05, 4.69) is 25.8 Å². The largest absolute Gasteiger partial charge is 0.473 e. The van der Waals surface area contributed by atoms with Gasteiger partial charge in [-0.3, -0.25) is 0 Å². The molecule has 0 unspecified atom stereocenters. The molecular weight excluding hydrogens is 305 g/mol. The van der Waals surface area contributed by atoms with Gasteiger partial charge in [-0.25, -0.2) is 4.98 Å². The lowest BCUT2D eigenvalue weighted by molar-refractivity contribution is 0.291. The number of nitrogens with zero attached hydrogens (tertiary/aromatic N) is 1. The molecule has 0 atom stereocenters. The maximum Gasteiger partial charge on any atom is 0.214 e. The summed E-state index contributed by atoms with van der Waals surface area (Å²) in [5.41, 5.74) is 2.95. The standard InChI is InChI=1S/C17H19Cl2NO/c1-17(2,3)15-8-13(10-18)9-16(20-15)21-11-12-5-4-6-14(19)7-12/h4-9H,10-11H2,1-3H3. The van der Waals surface area contributed by atoms with E-state index in [4.69, 9.17) is 27.9 Å². The quantitative estimate of drug-likeness (QED) is 0.707. The summed E-state index contributed by atoms with van der Waals surface area (Å²) in [6.07, 6.45) is 0. The SMILES string of the molecule is CC(C)(C)c1cc(CCl)cc(OCc2cccc(Cl)c2)n1. The molecule has 112 valence electrons. The Labute approximate surface area is 136 Å². The van der Waals surface area contributed by atoms with Crippen molar-refractivity contribution in [3.8, 4) is 5.88 Å². The third-order valence-corrected chi connectivity index (χ3v) is 3.60. The highest BCUT2D eigenvalue weighted by atomic mass is 35.5. The van der Waals surface area contributed by atoms with Gasteiger partial charge in [-0.05, 0) is 29.3 Å². The van der Waals surface area contributed by atoms with Crippen molar-refractivity contribution in [2.75, 3.05) is 0 Å². The fourth-order valence-electron chi connectivity index (χ4n) is 1.88. The van der Waals surface area contributed by atoms with Gasteiger partial charge < -0.3 is 4.74 Å². The molecule has 0 N–H and O–H groups in total. The van der Waals surface area contributed by atoms with Crippen molar-refractivity contribution in [2.24, 2.45) is 0 Å². The minimum absolute atomic E-state index is 0.0454. The summed E-state index contributed by atoms with van der Waals surface area (Å²) < 4.78 is 5.80. The highest BCUT2D eigenvalue weighted by Crippen LogP contribution is 2.25. The number of alkyl halides is 1. The van der Waals surface area contributed by atoms with Crippen LogP contribution in [0.25, 0.3) is 0 Å². The van der Waals surface area contributed by atoms with E-state index in [1.165, 1.54) is 0 Å². The molecule has 0 aliphatic heterocycles. The van der Waals surface area contributed by atoms with E-state index in [0.29, 0.717) is 23.4 Å². The summed E-state index contributed by atoms with van der Waals surface area (Å²) in [5.74, 6) is 1.04. The van der Waals surface area contributed by atoms with Crippen molar-refractivity contribution in [2.45, 2.75) is 38.7 Å². The van der Waals surface area contributed by atoms with Gasteiger partial charge in [-0.15, -0.1) is 11.6 Å². The summed E-state index contributed by atoms with van der Waals surface area (Å²) in [5, 5.41) is 0.703. The Balaban J connectivity index is 2.19. The predicted molar refractivity (Wildman–Crippen MR) is 88.3 cm³/mol. The number of hydrogen-bond donors (Lipinski definition) is 0. The highest BCUT2D eigenvalue weighted by Gasteiger charge is 2.17. The number of benzene rings is 1. The average Bonchev–Trinajstić information content (AvgIpc) is 2.44. The van der Waals surface area contributed by atoms with Crippen molar-refractivity contribution >= 4 is 23.2 Å². The van der Waals surface area contributed by atoms with Crippen molar-refractivity contribution in [1.29, 1.82) is 0 Å². The van der Waals surface area contributed by atoms with Crippen LogP contribution in [-0.4, -0.2) is 4.98 Å². The van der Waals surface area contributed by atoms with Gasteiger partial charge in [-0.1, -0.05) is 44.5 Å². The fourth-order valence-corrected chi connectivity index (χ4v) is 2.25. The smallest absolute Gasteiger partial charge is 0.214 e. The van der Waals surface area contributed by atoms with Crippen LogP contribution in [0.4, 0.5) is 0 Å². The van der Waals surface area contributed by atoms with Crippen LogP contribution in [0.5, 0.6) is 5.88 Å². The summed E-state index contributed by atoms with van der Waals surface area (Å²) >= 11 is 11.9. The second-order valence-corrected chi connectivity index (χ2v) is 6.70. The molecule has 0 amide bonds. The van der Waals surface area contributed by atoms with Crippen LogP contribution < -0.4 is 4.74 Å². The molecule has 0 saturated heterocycles. The minimum Gasteiger partial charge on any atom is -0.473 e. The van der Waals surface area contributed by atoms with Gasteiger partial charge in [0, 0.05) is 22.4 Å². The Bertz CT molecular complexity index is 620. The first-order valence-corrected chi connectivity index (χ1v) is 7.74. The molecule has 2 rings (SSSR count). The average molecular weight is 324 g/mol. The maximum absolute atomic E-state index is 5.97. The van der Waals surface area contributed by atoms with E-state index < -0.39 is 0 Å². The molecular formula is C17H19Cl2NO. The number of halogens is 2. The summed E-state index contributed by atoms with van der Waals surface area (Å²) in [4.78, 5) is 4.58. The molecule has 21 heavy (non-hydrogen) atoms. The Morgan fingerprint density at radius 3 is 2.48 bits per heavy atom. The van der Waals surface area contributed by atoms with Crippen LogP contribution in [-0.2, 0) is 17.9 Å². The molecule has 0 saturated carbocycles. The first-order valence-electron chi connectivity index (χ1n) is 6.83. The molecule has 0 aliphatic rings. The molecule has 0 bridgehead atoms. The molecule has 1 aromatic heterocycles.